The summed E-state index contributed by atoms with van der Waals surface area (Å²) in [4.78, 5) is 48.9. The fraction of sp³-hybridized carbons (Fsp3) is 0.143. The molecule has 0 radical (unpaired) electrons. The lowest BCUT2D eigenvalue weighted by molar-refractivity contribution is -0.127. The number of ether oxygens (including phenoxy) is 3. The molecule has 0 aliphatic carbocycles. The third-order valence-electron chi connectivity index (χ3n) is 4.26. The summed E-state index contributed by atoms with van der Waals surface area (Å²) in [5.41, 5.74) is 5.96. The zero-order valence-electron chi connectivity index (χ0n) is 16.9. The fourth-order valence-corrected chi connectivity index (χ4v) is 4.32. The van der Waals surface area contributed by atoms with E-state index in [4.69, 9.17) is 19.9 Å². The van der Waals surface area contributed by atoms with Gasteiger partial charge in [0.15, 0.2) is 11.5 Å². The zero-order valence-corrected chi connectivity index (χ0v) is 19.9. The topological polar surface area (TPSA) is 125 Å². The van der Waals surface area contributed by atoms with Gasteiger partial charge in [0.05, 0.1) is 28.3 Å². The van der Waals surface area contributed by atoms with Gasteiger partial charge in [-0.2, -0.15) is 0 Å². The molecule has 1 aliphatic rings. The molecule has 9 nitrogen and oxygen atoms in total. The number of halogens is 1. The molecule has 32 heavy (non-hydrogen) atoms. The van der Waals surface area contributed by atoms with Crippen molar-refractivity contribution in [3.8, 4) is 17.2 Å². The number of esters is 1. The molecule has 0 atom stereocenters. The first-order chi connectivity index (χ1) is 15.2. The molecule has 2 aromatic carbocycles. The van der Waals surface area contributed by atoms with Gasteiger partial charge in [-0.05, 0) is 82.4 Å². The van der Waals surface area contributed by atoms with Crippen molar-refractivity contribution < 1.29 is 33.4 Å². The van der Waals surface area contributed by atoms with Crippen molar-refractivity contribution in [1.82, 2.24) is 4.90 Å². The minimum atomic E-state index is -0.784. The molecule has 0 bridgehead atoms. The first-order valence-electron chi connectivity index (χ1n) is 9.01. The Hall–Kier alpha value is -3.06. The van der Waals surface area contributed by atoms with Gasteiger partial charge in [0.25, 0.3) is 11.1 Å². The Kier molecular flexibility index (Phi) is 7.40. The van der Waals surface area contributed by atoms with Crippen LogP contribution < -0.4 is 19.9 Å². The highest BCUT2D eigenvalue weighted by atomic mass is 127. The van der Waals surface area contributed by atoms with Gasteiger partial charge < -0.3 is 19.9 Å². The molecule has 0 spiro atoms. The van der Waals surface area contributed by atoms with Gasteiger partial charge in [0.1, 0.15) is 12.3 Å². The van der Waals surface area contributed by atoms with E-state index in [2.05, 4.69) is 0 Å². The van der Waals surface area contributed by atoms with Crippen molar-refractivity contribution in [2.45, 2.75) is 0 Å². The number of nitrogens with zero attached hydrogens (tertiary/aromatic N) is 1. The van der Waals surface area contributed by atoms with Gasteiger partial charge in [0, 0.05) is 0 Å². The van der Waals surface area contributed by atoms with Crippen LogP contribution in [0.3, 0.4) is 0 Å². The molecule has 0 aromatic heterocycles. The van der Waals surface area contributed by atoms with Crippen molar-refractivity contribution in [1.29, 1.82) is 0 Å². The first-order valence-corrected chi connectivity index (χ1v) is 10.9. The molecule has 2 N–H and O–H groups in total. The maximum absolute atomic E-state index is 12.5. The van der Waals surface area contributed by atoms with E-state index in [0.717, 1.165) is 4.90 Å². The lowest BCUT2D eigenvalue weighted by atomic mass is 10.1. The SMILES string of the molecule is COc1ccc(C(=O)Oc2c(I)cc(/C=C3\SC(=O)N(CC(N)=O)C3=O)cc2OC)cc1. The fourth-order valence-electron chi connectivity index (χ4n) is 2.74. The summed E-state index contributed by atoms with van der Waals surface area (Å²) < 4.78 is 16.5. The lowest BCUT2D eigenvalue weighted by Crippen LogP contribution is -2.36. The number of thioether (sulfide) groups is 1. The molecule has 1 heterocycles. The minimum Gasteiger partial charge on any atom is -0.497 e. The highest BCUT2D eigenvalue weighted by molar-refractivity contribution is 14.1. The second-order valence-corrected chi connectivity index (χ2v) is 8.54. The van der Waals surface area contributed by atoms with E-state index >= 15 is 0 Å². The summed E-state index contributed by atoms with van der Waals surface area (Å²) in [7, 11) is 2.95. The molecule has 0 saturated carbocycles. The average Bonchev–Trinajstić information content (AvgIpc) is 3.02. The Balaban J connectivity index is 1.86. The number of hydrogen-bond acceptors (Lipinski definition) is 8. The number of carbonyl (C=O) groups is 4. The summed E-state index contributed by atoms with van der Waals surface area (Å²) in [5.74, 6) is -0.882. The van der Waals surface area contributed by atoms with Crippen LogP contribution in [0.4, 0.5) is 4.79 Å². The van der Waals surface area contributed by atoms with Crippen LogP contribution in [0.2, 0.25) is 0 Å². The molecule has 1 saturated heterocycles. The Morgan fingerprint density at radius 2 is 1.81 bits per heavy atom. The number of benzene rings is 2. The Bertz CT molecular complexity index is 1130. The average molecular weight is 568 g/mol. The van der Waals surface area contributed by atoms with Gasteiger partial charge in [-0.25, -0.2) is 4.79 Å². The largest absolute Gasteiger partial charge is 0.497 e. The number of primary amides is 1. The molecular weight excluding hydrogens is 551 g/mol. The van der Waals surface area contributed by atoms with Gasteiger partial charge >= 0.3 is 5.97 Å². The molecule has 3 rings (SSSR count). The van der Waals surface area contributed by atoms with Crippen molar-refractivity contribution in [3.63, 3.8) is 0 Å². The number of rotatable bonds is 7. The molecule has 11 heteroatoms. The van der Waals surface area contributed by atoms with Crippen LogP contribution in [0.1, 0.15) is 15.9 Å². The van der Waals surface area contributed by atoms with E-state index in [1.165, 1.54) is 20.3 Å². The van der Waals surface area contributed by atoms with Gasteiger partial charge in [-0.15, -0.1) is 0 Å². The Morgan fingerprint density at radius 3 is 2.41 bits per heavy atom. The maximum atomic E-state index is 12.5. The van der Waals surface area contributed by atoms with Crippen molar-refractivity contribution in [2.75, 3.05) is 20.8 Å². The summed E-state index contributed by atoms with van der Waals surface area (Å²) in [5, 5.41) is -0.577. The van der Waals surface area contributed by atoms with Crippen molar-refractivity contribution >= 4 is 63.5 Å². The number of carbonyl (C=O) groups excluding carboxylic acids is 4. The van der Waals surface area contributed by atoms with Gasteiger partial charge in [-0.1, -0.05) is 0 Å². The molecule has 2 aromatic rings. The van der Waals surface area contributed by atoms with Crippen LogP contribution in [0, 0.1) is 3.57 Å². The predicted octanol–water partition coefficient (Wildman–Crippen LogP) is 3.05. The highest BCUT2D eigenvalue weighted by Gasteiger charge is 2.36. The lowest BCUT2D eigenvalue weighted by Gasteiger charge is -2.13. The molecule has 3 amide bonds. The summed E-state index contributed by atoms with van der Waals surface area (Å²) in [6.45, 7) is -0.483. The highest BCUT2D eigenvalue weighted by Crippen LogP contribution is 2.37. The van der Waals surface area contributed by atoms with Crippen LogP contribution in [0.5, 0.6) is 17.2 Å². The number of amides is 3. The zero-order chi connectivity index (χ0) is 23.4. The quantitative estimate of drug-likeness (QED) is 0.234. The second kappa shape index (κ2) is 10.0. The molecule has 0 unspecified atom stereocenters. The van der Waals surface area contributed by atoms with E-state index in [0.29, 0.717) is 32.2 Å². The standard InChI is InChI=1S/C21H17IN2O7S/c1-29-13-5-3-12(4-6-13)20(27)31-18-14(22)7-11(8-15(18)30-2)9-16-19(26)24(10-17(23)25)21(28)32-16/h3-9H,10H2,1-2H3,(H2,23,25)/b16-9-. The molecule has 1 fully saturated rings. The smallest absolute Gasteiger partial charge is 0.343 e. The van der Waals surface area contributed by atoms with E-state index < -0.39 is 29.6 Å². The Labute approximate surface area is 201 Å². The monoisotopic (exact) mass is 568 g/mol. The predicted molar refractivity (Wildman–Crippen MR) is 126 cm³/mol. The van der Waals surface area contributed by atoms with Crippen LogP contribution in [-0.2, 0) is 9.59 Å². The van der Waals surface area contributed by atoms with Crippen LogP contribution in [-0.4, -0.2) is 48.7 Å². The summed E-state index contributed by atoms with van der Waals surface area (Å²) >= 11 is 2.68. The number of nitrogens with two attached hydrogens (primary N) is 1. The van der Waals surface area contributed by atoms with Crippen LogP contribution in [0.15, 0.2) is 41.3 Å². The van der Waals surface area contributed by atoms with Gasteiger partial charge in [0.2, 0.25) is 5.91 Å². The van der Waals surface area contributed by atoms with Crippen LogP contribution in [0.25, 0.3) is 6.08 Å². The maximum Gasteiger partial charge on any atom is 0.343 e. The first kappa shape index (κ1) is 23.6. The van der Waals surface area contributed by atoms with Crippen molar-refractivity contribution in [2.24, 2.45) is 5.73 Å². The van der Waals surface area contributed by atoms with E-state index in [-0.39, 0.29) is 16.4 Å². The second-order valence-electron chi connectivity index (χ2n) is 6.39. The van der Waals surface area contributed by atoms with Crippen molar-refractivity contribution in [3.05, 3.63) is 56.0 Å². The molecule has 166 valence electrons. The Morgan fingerprint density at radius 1 is 1.12 bits per heavy atom. The van der Waals surface area contributed by atoms with Gasteiger partial charge in [-0.3, -0.25) is 19.3 Å². The third-order valence-corrected chi connectivity index (χ3v) is 5.97. The van der Waals surface area contributed by atoms with E-state index in [1.807, 2.05) is 22.6 Å². The van der Waals surface area contributed by atoms with Crippen LogP contribution >= 0.6 is 34.4 Å². The molecule has 1 aliphatic heterocycles. The number of imide groups is 1. The minimum absolute atomic E-state index is 0.136. The summed E-state index contributed by atoms with van der Waals surface area (Å²) in [6.07, 6.45) is 1.49. The summed E-state index contributed by atoms with van der Waals surface area (Å²) in [6, 6.07) is 9.69. The molecular formula is C21H17IN2O7S. The van der Waals surface area contributed by atoms with E-state index in [9.17, 15) is 19.2 Å². The normalized spacial score (nSPS) is 14.6. The third kappa shape index (κ3) is 5.22. The van der Waals surface area contributed by atoms with E-state index in [1.54, 1.807) is 36.4 Å². The number of methoxy groups -OCH3 is 2. The number of hydrogen-bond donors (Lipinski definition) is 1.